The highest BCUT2D eigenvalue weighted by molar-refractivity contribution is 5.68. The summed E-state index contributed by atoms with van der Waals surface area (Å²) >= 11 is 0. The molecule has 76 valence electrons. The van der Waals surface area contributed by atoms with Crippen LogP contribution in [0.4, 0.5) is 9.59 Å². The van der Waals surface area contributed by atoms with Crippen molar-refractivity contribution >= 4 is 12.2 Å². The van der Waals surface area contributed by atoms with Crippen molar-refractivity contribution in [1.29, 1.82) is 0 Å². The van der Waals surface area contributed by atoms with Crippen LogP contribution in [0.1, 0.15) is 20.3 Å². The maximum absolute atomic E-state index is 10.8. The molecular weight excluding hydrogens is 176 g/mol. The van der Waals surface area contributed by atoms with E-state index in [-0.39, 0.29) is 0 Å². The predicted molar refractivity (Wildman–Crippen MR) is 44.9 cm³/mol. The minimum absolute atomic E-state index is 0.328. The van der Waals surface area contributed by atoms with Crippen LogP contribution in [0.3, 0.4) is 0 Å². The Balaban J connectivity index is 3.59. The fourth-order valence-electron chi connectivity index (χ4n) is 0.606. The number of hydrogen-bond acceptors (Lipinski definition) is 4. The van der Waals surface area contributed by atoms with Crippen molar-refractivity contribution in [2.24, 2.45) is 5.73 Å². The smallest absolute Gasteiger partial charge is 0.409 e. The Labute approximate surface area is 76.4 Å². The zero-order valence-corrected chi connectivity index (χ0v) is 7.70. The van der Waals surface area contributed by atoms with Crippen LogP contribution in [0.5, 0.6) is 0 Å². The summed E-state index contributed by atoms with van der Waals surface area (Å²) in [5.74, 6) is 0. The van der Waals surface area contributed by atoms with E-state index in [1.807, 2.05) is 6.92 Å². The number of primary amides is 1. The quantitative estimate of drug-likeness (QED) is 0.634. The maximum Gasteiger partial charge on any atom is 0.409 e. The van der Waals surface area contributed by atoms with Crippen molar-refractivity contribution in [1.82, 2.24) is 5.32 Å². The standard InChI is InChI=1S/C7H14N2O4/c1-3-4-12-7(11)9-5(2)13-6(8)10/h5H,3-4H2,1-2H3,(H2,8,10)(H,9,11). The predicted octanol–water partition coefficient (Wildman–Crippen LogP) is 0.564. The molecule has 0 fully saturated rings. The van der Waals surface area contributed by atoms with Crippen molar-refractivity contribution < 1.29 is 19.1 Å². The molecule has 0 aliphatic carbocycles. The summed E-state index contributed by atoms with van der Waals surface area (Å²) in [5, 5.41) is 2.26. The molecule has 0 heterocycles. The molecule has 0 saturated heterocycles. The first-order valence-electron chi connectivity index (χ1n) is 3.95. The van der Waals surface area contributed by atoms with Gasteiger partial charge in [0, 0.05) is 0 Å². The molecule has 13 heavy (non-hydrogen) atoms. The summed E-state index contributed by atoms with van der Waals surface area (Å²) in [6.45, 7) is 3.67. The van der Waals surface area contributed by atoms with Gasteiger partial charge in [-0.3, -0.25) is 5.32 Å². The third-order valence-corrected chi connectivity index (χ3v) is 1.05. The number of carbonyl (C=O) groups is 2. The van der Waals surface area contributed by atoms with E-state index >= 15 is 0 Å². The lowest BCUT2D eigenvalue weighted by Gasteiger charge is -2.12. The van der Waals surface area contributed by atoms with E-state index in [9.17, 15) is 9.59 Å². The molecular formula is C7H14N2O4. The Morgan fingerprint density at radius 2 is 2.15 bits per heavy atom. The number of nitrogens with two attached hydrogens (primary N) is 1. The number of nitrogens with one attached hydrogen (secondary N) is 1. The first-order valence-corrected chi connectivity index (χ1v) is 3.95. The number of ether oxygens (including phenoxy) is 2. The molecule has 0 aliphatic heterocycles. The lowest BCUT2D eigenvalue weighted by Crippen LogP contribution is -2.37. The average molecular weight is 190 g/mol. The van der Waals surface area contributed by atoms with Crippen LogP contribution in [0.2, 0.25) is 0 Å². The zero-order chi connectivity index (χ0) is 10.3. The monoisotopic (exact) mass is 190 g/mol. The van der Waals surface area contributed by atoms with E-state index < -0.39 is 18.4 Å². The minimum atomic E-state index is -0.941. The van der Waals surface area contributed by atoms with Gasteiger partial charge in [-0.15, -0.1) is 0 Å². The number of hydrogen-bond donors (Lipinski definition) is 2. The number of rotatable bonds is 4. The van der Waals surface area contributed by atoms with E-state index in [0.29, 0.717) is 6.61 Å². The first kappa shape index (κ1) is 11.5. The van der Waals surface area contributed by atoms with Gasteiger partial charge in [-0.25, -0.2) is 9.59 Å². The average Bonchev–Trinajstić information content (AvgIpc) is 1.98. The second-order valence-corrected chi connectivity index (χ2v) is 2.36. The molecule has 3 N–H and O–H groups in total. The molecule has 0 spiro atoms. The van der Waals surface area contributed by atoms with Gasteiger partial charge < -0.3 is 15.2 Å². The van der Waals surface area contributed by atoms with E-state index in [1.165, 1.54) is 6.92 Å². The fourth-order valence-corrected chi connectivity index (χ4v) is 0.606. The van der Waals surface area contributed by atoms with Gasteiger partial charge in [0.1, 0.15) is 0 Å². The Morgan fingerprint density at radius 1 is 1.54 bits per heavy atom. The lowest BCUT2D eigenvalue weighted by molar-refractivity contribution is 0.0826. The van der Waals surface area contributed by atoms with Gasteiger partial charge in [-0.05, 0) is 13.3 Å². The van der Waals surface area contributed by atoms with Crippen molar-refractivity contribution in [3.8, 4) is 0 Å². The fraction of sp³-hybridized carbons (Fsp3) is 0.714. The highest BCUT2D eigenvalue weighted by Crippen LogP contribution is 1.88. The van der Waals surface area contributed by atoms with Crippen LogP contribution in [0.15, 0.2) is 0 Å². The summed E-state index contributed by atoms with van der Waals surface area (Å²) < 4.78 is 9.09. The van der Waals surface area contributed by atoms with Crippen molar-refractivity contribution in [2.75, 3.05) is 6.61 Å². The summed E-state index contributed by atoms with van der Waals surface area (Å²) in [4.78, 5) is 21.0. The van der Waals surface area contributed by atoms with Gasteiger partial charge in [0.25, 0.3) is 0 Å². The molecule has 0 bridgehead atoms. The van der Waals surface area contributed by atoms with Crippen molar-refractivity contribution in [3.63, 3.8) is 0 Å². The molecule has 0 aromatic carbocycles. The summed E-state index contributed by atoms with van der Waals surface area (Å²) in [7, 11) is 0. The molecule has 0 aromatic rings. The van der Waals surface area contributed by atoms with Gasteiger partial charge in [-0.1, -0.05) is 6.92 Å². The molecule has 0 radical (unpaired) electrons. The maximum atomic E-state index is 10.8. The molecule has 0 aromatic heterocycles. The summed E-state index contributed by atoms with van der Waals surface area (Å²) in [5.41, 5.74) is 4.72. The molecule has 1 unspecified atom stereocenters. The Bertz CT molecular complexity index is 183. The molecule has 2 amide bonds. The Kier molecular flexibility index (Phi) is 5.42. The molecule has 6 nitrogen and oxygen atoms in total. The zero-order valence-electron chi connectivity index (χ0n) is 7.70. The largest absolute Gasteiger partial charge is 0.449 e. The Hall–Kier alpha value is -1.46. The van der Waals surface area contributed by atoms with Crippen LogP contribution in [-0.2, 0) is 9.47 Å². The minimum Gasteiger partial charge on any atom is -0.449 e. The van der Waals surface area contributed by atoms with Crippen LogP contribution >= 0.6 is 0 Å². The van der Waals surface area contributed by atoms with Gasteiger partial charge in [0.2, 0.25) is 0 Å². The normalized spacial score (nSPS) is 11.5. The molecule has 1 atom stereocenters. The second-order valence-electron chi connectivity index (χ2n) is 2.36. The van der Waals surface area contributed by atoms with Gasteiger partial charge in [0.15, 0.2) is 6.23 Å². The van der Waals surface area contributed by atoms with Crippen LogP contribution < -0.4 is 11.1 Å². The molecule has 0 aliphatic rings. The van der Waals surface area contributed by atoms with E-state index in [4.69, 9.17) is 5.73 Å². The van der Waals surface area contributed by atoms with E-state index in [2.05, 4.69) is 14.8 Å². The third kappa shape index (κ3) is 6.92. The van der Waals surface area contributed by atoms with E-state index in [1.54, 1.807) is 0 Å². The lowest BCUT2D eigenvalue weighted by atomic mass is 10.5. The molecule has 6 heteroatoms. The molecule has 0 saturated carbocycles. The molecule has 0 rings (SSSR count). The van der Waals surface area contributed by atoms with Gasteiger partial charge in [-0.2, -0.15) is 0 Å². The number of amides is 2. The van der Waals surface area contributed by atoms with Crippen LogP contribution in [-0.4, -0.2) is 25.0 Å². The Morgan fingerprint density at radius 3 is 2.62 bits per heavy atom. The topological polar surface area (TPSA) is 90.7 Å². The van der Waals surface area contributed by atoms with Gasteiger partial charge in [0.05, 0.1) is 6.61 Å². The summed E-state index contributed by atoms with van der Waals surface area (Å²) in [6.07, 6.45) is -1.61. The van der Waals surface area contributed by atoms with Gasteiger partial charge >= 0.3 is 12.2 Å². The summed E-state index contributed by atoms with van der Waals surface area (Å²) in [6, 6.07) is 0. The van der Waals surface area contributed by atoms with Crippen LogP contribution in [0.25, 0.3) is 0 Å². The third-order valence-electron chi connectivity index (χ3n) is 1.05. The number of alkyl carbamates (subject to hydrolysis) is 1. The SMILES string of the molecule is CCCOC(=O)NC(C)OC(N)=O. The second kappa shape index (κ2) is 6.10. The highest BCUT2D eigenvalue weighted by Gasteiger charge is 2.09. The van der Waals surface area contributed by atoms with Crippen molar-refractivity contribution in [3.05, 3.63) is 0 Å². The number of carbonyl (C=O) groups excluding carboxylic acids is 2. The van der Waals surface area contributed by atoms with Crippen LogP contribution in [0, 0.1) is 0 Å². The first-order chi connectivity index (χ1) is 6.06. The van der Waals surface area contributed by atoms with Crippen molar-refractivity contribution in [2.45, 2.75) is 26.5 Å². The van der Waals surface area contributed by atoms with E-state index in [0.717, 1.165) is 6.42 Å². The highest BCUT2D eigenvalue weighted by atomic mass is 16.6.